The zero-order chi connectivity index (χ0) is 18.5. The lowest BCUT2D eigenvalue weighted by molar-refractivity contribution is -0.123. The summed E-state index contributed by atoms with van der Waals surface area (Å²) in [4.78, 5) is 30.0. The maximum absolute atomic E-state index is 12.9. The van der Waals surface area contributed by atoms with E-state index in [1.165, 1.54) is 24.6 Å². The lowest BCUT2D eigenvalue weighted by Gasteiger charge is -2.42. The molecule has 1 amide bonds. The largest absolute Gasteiger partial charge is 0.375 e. The normalized spacial score (nSPS) is 29.7. The first-order chi connectivity index (χ1) is 13.1. The van der Waals surface area contributed by atoms with E-state index >= 15 is 0 Å². The summed E-state index contributed by atoms with van der Waals surface area (Å²) < 4.78 is 2.66. The Morgan fingerprint density at radius 2 is 1.93 bits per heavy atom. The number of carbonyl (C=O) groups is 1. The van der Waals surface area contributed by atoms with E-state index in [1.54, 1.807) is 6.07 Å². The molecule has 5 rings (SSSR count). The van der Waals surface area contributed by atoms with E-state index in [2.05, 4.69) is 11.0 Å². The van der Waals surface area contributed by atoms with Gasteiger partial charge in [0.05, 0.1) is 4.91 Å². The van der Waals surface area contributed by atoms with Gasteiger partial charge in [0.25, 0.3) is 11.5 Å². The summed E-state index contributed by atoms with van der Waals surface area (Å²) in [5, 5.41) is 0. The Labute approximate surface area is 168 Å². The summed E-state index contributed by atoms with van der Waals surface area (Å²) in [7, 11) is 0. The molecule has 3 fully saturated rings. The molecule has 4 heterocycles. The molecule has 0 aromatic carbocycles. The predicted molar refractivity (Wildman–Crippen MR) is 110 cm³/mol. The number of hydrogen-bond acceptors (Lipinski definition) is 5. The van der Waals surface area contributed by atoms with Gasteiger partial charge in [0.1, 0.15) is 4.32 Å². The van der Waals surface area contributed by atoms with Crippen LogP contribution in [0.15, 0.2) is 34.1 Å². The maximum atomic E-state index is 12.9. The van der Waals surface area contributed by atoms with Crippen molar-refractivity contribution in [2.75, 3.05) is 13.1 Å². The van der Waals surface area contributed by atoms with Crippen LogP contribution in [0.5, 0.6) is 0 Å². The lowest BCUT2D eigenvalue weighted by Crippen LogP contribution is -2.45. The number of likely N-dealkylation sites (tertiary alicyclic amines) is 1. The molecule has 27 heavy (non-hydrogen) atoms. The number of thioether (sulfide) groups is 1. The van der Waals surface area contributed by atoms with Crippen molar-refractivity contribution >= 4 is 34.2 Å². The van der Waals surface area contributed by atoms with Gasteiger partial charge in [0.15, 0.2) is 0 Å². The number of fused-ring (bicyclic) bond motifs is 4. The average Bonchev–Trinajstić information content (AvgIpc) is 3.24. The second kappa shape index (κ2) is 6.78. The Kier molecular flexibility index (Phi) is 4.39. The minimum absolute atomic E-state index is 0.0873. The van der Waals surface area contributed by atoms with Crippen molar-refractivity contribution < 1.29 is 4.79 Å². The lowest BCUT2D eigenvalue weighted by atomic mass is 9.83. The molecule has 3 aliphatic heterocycles. The Bertz CT molecular complexity index is 887. The Morgan fingerprint density at radius 1 is 1.11 bits per heavy atom. The fourth-order valence-electron chi connectivity index (χ4n) is 5.15. The summed E-state index contributed by atoms with van der Waals surface area (Å²) in [6, 6.07) is 5.88. The third-order valence-corrected chi connectivity index (χ3v) is 7.64. The van der Waals surface area contributed by atoms with Crippen molar-refractivity contribution in [3.63, 3.8) is 0 Å². The van der Waals surface area contributed by atoms with Crippen LogP contribution in [0.1, 0.15) is 43.7 Å². The monoisotopic (exact) mass is 401 g/mol. The molecular weight excluding hydrogens is 378 g/mol. The smallest absolute Gasteiger partial charge is 0.267 e. The van der Waals surface area contributed by atoms with E-state index in [1.807, 2.05) is 21.7 Å². The predicted octanol–water partition coefficient (Wildman–Crippen LogP) is 2.91. The van der Waals surface area contributed by atoms with Crippen molar-refractivity contribution in [1.82, 2.24) is 14.4 Å². The van der Waals surface area contributed by atoms with Crippen LogP contribution in [-0.2, 0) is 11.3 Å². The topological polar surface area (TPSA) is 45.6 Å². The molecule has 5 nitrogen and oxygen atoms in total. The van der Waals surface area contributed by atoms with Crippen molar-refractivity contribution in [2.24, 2.45) is 5.92 Å². The third kappa shape index (κ3) is 3.05. The molecule has 1 saturated carbocycles. The minimum atomic E-state index is 0.0873. The highest BCUT2D eigenvalue weighted by Crippen LogP contribution is 2.39. The number of hydrogen-bond donors (Lipinski definition) is 0. The minimum Gasteiger partial charge on any atom is -0.375 e. The third-order valence-electron chi connectivity index (χ3n) is 6.32. The molecule has 142 valence electrons. The molecular formula is C20H23N3O2S2. The van der Waals surface area contributed by atoms with Crippen molar-refractivity contribution in [1.29, 1.82) is 0 Å². The fourth-order valence-corrected chi connectivity index (χ4v) is 6.56. The van der Waals surface area contributed by atoms with Crippen LogP contribution < -0.4 is 5.56 Å². The van der Waals surface area contributed by atoms with E-state index in [0.29, 0.717) is 22.2 Å². The van der Waals surface area contributed by atoms with E-state index < -0.39 is 0 Å². The van der Waals surface area contributed by atoms with Crippen LogP contribution in [0.25, 0.3) is 0 Å². The van der Waals surface area contributed by atoms with E-state index in [0.717, 1.165) is 49.5 Å². The van der Waals surface area contributed by atoms with Crippen LogP contribution in [0, 0.1) is 5.92 Å². The number of amides is 1. The Morgan fingerprint density at radius 3 is 2.74 bits per heavy atom. The highest BCUT2D eigenvalue weighted by Gasteiger charge is 2.39. The van der Waals surface area contributed by atoms with Crippen molar-refractivity contribution in [3.8, 4) is 0 Å². The second-order valence-electron chi connectivity index (χ2n) is 8.13. The summed E-state index contributed by atoms with van der Waals surface area (Å²) in [6.07, 6.45) is 7.67. The zero-order valence-corrected chi connectivity index (χ0v) is 16.8. The van der Waals surface area contributed by atoms with Crippen molar-refractivity contribution in [2.45, 2.75) is 50.6 Å². The number of carbonyl (C=O) groups excluding carboxylic acids is 1. The van der Waals surface area contributed by atoms with Crippen LogP contribution in [0.4, 0.5) is 0 Å². The highest BCUT2D eigenvalue weighted by atomic mass is 32.2. The summed E-state index contributed by atoms with van der Waals surface area (Å²) in [6.45, 7) is 2.52. The van der Waals surface area contributed by atoms with Crippen LogP contribution in [0.3, 0.4) is 0 Å². The molecule has 1 aromatic rings. The SMILES string of the molecule is O=C1C(=CN2CC3CC(C2)c2cccc(=O)n2C3)SC(=S)N1C1CCCC1. The molecule has 0 radical (unpaired) electrons. The first-order valence-corrected chi connectivity index (χ1v) is 11.0. The summed E-state index contributed by atoms with van der Waals surface area (Å²) in [5.74, 6) is 0.888. The molecule has 2 unspecified atom stereocenters. The molecule has 0 N–H and O–H groups in total. The van der Waals surface area contributed by atoms with Crippen LogP contribution in [-0.4, -0.2) is 43.7 Å². The van der Waals surface area contributed by atoms with E-state index in [4.69, 9.17) is 12.2 Å². The number of thiocarbonyl (C=S) groups is 1. The van der Waals surface area contributed by atoms with Gasteiger partial charge in [-0.05, 0) is 31.2 Å². The van der Waals surface area contributed by atoms with E-state index in [-0.39, 0.29) is 11.5 Å². The van der Waals surface area contributed by atoms with Gasteiger partial charge in [0, 0.05) is 49.6 Å². The van der Waals surface area contributed by atoms with Gasteiger partial charge in [-0.25, -0.2) is 0 Å². The van der Waals surface area contributed by atoms with Crippen molar-refractivity contribution in [3.05, 3.63) is 45.4 Å². The van der Waals surface area contributed by atoms with Crippen LogP contribution in [0.2, 0.25) is 0 Å². The highest BCUT2D eigenvalue weighted by molar-refractivity contribution is 8.26. The fraction of sp³-hybridized carbons (Fsp3) is 0.550. The molecule has 1 aromatic heterocycles. The standard InChI is InChI=1S/C20H23N3O2S2/c24-18-7-3-6-16-14-8-13(10-22(16)18)9-21(11-14)12-17-19(25)23(20(26)27-17)15-4-1-2-5-15/h3,6-7,12-15H,1-2,4-5,8-11H2. The molecule has 1 aliphatic carbocycles. The summed E-state index contributed by atoms with van der Waals surface area (Å²) in [5.41, 5.74) is 1.24. The van der Waals surface area contributed by atoms with Gasteiger partial charge >= 0.3 is 0 Å². The zero-order valence-electron chi connectivity index (χ0n) is 15.2. The number of nitrogens with zero attached hydrogens (tertiary/aromatic N) is 3. The number of piperidine rings is 1. The second-order valence-corrected chi connectivity index (χ2v) is 9.80. The molecule has 2 atom stereocenters. The molecule has 4 aliphatic rings. The van der Waals surface area contributed by atoms with Gasteiger partial charge in [-0.2, -0.15) is 0 Å². The quantitative estimate of drug-likeness (QED) is 0.563. The maximum Gasteiger partial charge on any atom is 0.267 e. The van der Waals surface area contributed by atoms with E-state index in [9.17, 15) is 9.59 Å². The first kappa shape index (κ1) is 17.5. The number of aromatic nitrogens is 1. The Balaban J connectivity index is 1.37. The van der Waals surface area contributed by atoms with Gasteiger partial charge in [0.2, 0.25) is 0 Å². The Hall–Kier alpha value is -1.60. The number of pyridine rings is 1. The molecule has 2 bridgehead atoms. The van der Waals surface area contributed by atoms with Gasteiger partial charge in [-0.15, -0.1) is 0 Å². The summed E-state index contributed by atoms with van der Waals surface area (Å²) >= 11 is 6.97. The number of rotatable bonds is 2. The molecule has 7 heteroatoms. The average molecular weight is 402 g/mol. The first-order valence-electron chi connectivity index (χ1n) is 9.81. The van der Waals surface area contributed by atoms with Gasteiger partial charge < -0.3 is 9.47 Å². The molecule has 2 saturated heterocycles. The van der Waals surface area contributed by atoms with Crippen LogP contribution >= 0.6 is 24.0 Å². The van der Waals surface area contributed by atoms with Gasteiger partial charge in [-0.3, -0.25) is 14.5 Å². The van der Waals surface area contributed by atoms with Gasteiger partial charge in [-0.1, -0.05) is 42.9 Å². The molecule has 0 spiro atoms.